The Kier molecular flexibility index (Phi) is 5.57. The zero-order chi connectivity index (χ0) is 17.7. The number of thiophene rings is 1. The molecule has 0 aliphatic carbocycles. The van der Waals surface area contributed by atoms with Gasteiger partial charge in [-0.1, -0.05) is 18.2 Å². The lowest BCUT2D eigenvalue weighted by Gasteiger charge is -2.21. The maximum atomic E-state index is 13.1. The smallest absolute Gasteiger partial charge is 0.218 e. The van der Waals surface area contributed by atoms with E-state index in [9.17, 15) is 12.8 Å². The normalized spacial score (nSPS) is 11.8. The lowest BCUT2D eigenvalue weighted by atomic mass is 10.2. The van der Waals surface area contributed by atoms with Gasteiger partial charge in [-0.05, 0) is 52.2 Å². The second-order valence-electron chi connectivity index (χ2n) is 5.60. The Hall–Kier alpha value is -2.09. The van der Waals surface area contributed by atoms with Gasteiger partial charge in [0.25, 0.3) is 0 Å². The lowest BCUT2D eigenvalue weighted by Crippen LogP contribution is -2.31. The van der Waals surface area contributed by atoms with E-state index in [4.69, 9.17) is 0 Å². The summed E-state index contributed by atoms with van der Waals surface area (Å²) in [6.07, 6.45) is 1.64. The number of nitrogens with zero attached hydrogens (tertiary/aromatic N) is 2. The van der Waals surface area contributed by atoms with E-state index < -0.39 is 10.0 Å². The number of pyridine rings is 1. The molecule has 3 rings (SSSR count). The zero-order valence-corrected chi connectivity index (χ0v) is 15.0. The van der Waals surface area contributed by atoms with Crippen molar-refractivity contribution in [1.29, 1.82) is 0 Å². The van der Waals surface area contributed by atoms with Gasteiger partial charge in [-0.2, -0.15) is 15.6 Å². The number of hydrogen-bond acceptors (Lipinski definition) is 4. The number of benzene rings is 1. The highest BCUT2D eigenvalue weighted by atomic mass is 32.2. The quantitative estimate of drug-likeness (QED) is 0.630. The van der Waals surface area contributed by atoms with Gasteiger partial charge in [0.15, 0.2) is 0 Å². The molecule has 3 aromatic rings. The van der Waals surface area contributed by atoms with Crippen LogP contribution in [0.4, 0.5) is 4.39 Å². The van der Waals surface area contributed by atoms with Crippen molar-refractivity contribution in [3.63, 3.8) is 0 Å². The summed E-state index contributed by atoms with van der Waals surface area (Å²) in [5, 5.41) is 3.85. The second-order valence-corrected chi connectivity index (χ2v) is 8.35. The van der Waals surface area contributed by atoms with Crippen LogP contribution in [-0.4, -0.2) is 17.7 Å². The van der Waals surface area contributed by atoms with Crippen molar-refractivity contribution in [1.82, 2.24) is 9.29 Å². The summed E-state index contributed by atoms with van der Waals surface area (Å²) in [4.78, 5) is 4.23. The van der Waals surface area contributed by atoms with Crippen molar-refractivity contribution >= 4 is 21.4 Å². The number of rotatable bonds is 7. The summed E-state index contributed by atoms with van der Waals surface area (Å²) in [7, 11) is -3.59. The summed E-state index contributed by atoms with van der Waals surface area (Å²) in [6.45, 7) is 0.476. The topological polar surface area (TPSA) is 50.3 Å². The van der Waals surface area contributed by atoms with Crippen molar-refractivity contribution < 1.29 is 12.8 Å². The molecule has 2 heterocycles. The molecular formula is C18H17FN2O2S2. The van der Waals surface area contributed by atoms with Crippen LogP contribution in [0.25, 0.3) is 0 Å². The molecule has 0 amide bonds. The average molecular weight is 376 g/mol. The van der Waals surface area contributed by atoms with Crippen LogP contribution in [0, 0.1) is 5.82 Å². The minimum Gasteiger partial charge on any atom is -0.260 e. The molecule has 0 bridgehead atoms. The molecule has 4 nitrogen and oxygen atoms in total. The standard InChI is InChI=1S/C18H17FN2O2S2/c19-17-6-4-15(5-7-17)14-25(22,23)21(11-16-8-10-24-13-16)12-18-3-1-2-9-20-18/h1-10,13H,11-12,14H2. The van der Waals surface area contributed by atoms with Crippen LogP contribution in [0.3, 0.4) is 0 Å². The van der Waals surface area contributed by atoms with Gasteiger partial charge in [0.05, 0.1) is 18.0 Å². The minimum absolute atomic E-state index is 0.176. The molecule has 25 heavy (non-hydrogen) atoms. The molecule has 0 fully saturated rings. The Labute approximate surface area is 150 Å². The number of sulfonamides is 1. The lowest BCUT2D eigenvalue weighted by molar-refractivity contribution is 0.396. The van der Waals surface area contributed by atoms with E-state index in [0.29, 0.717) is 11.3 Å². The number of halogens is 1. The summed E-state index contributed by atoms with van der Waals surface area (Å²) in [6, 6.07) is 12.9. The molecule has 2 aromatic heterocycles. The molecule has 0 spiro atoms. The molecule has 0 aliphatic heterocycles. The Morgan fingerprint density at radius 2 is 1.80 bits per heavy atom. The highest BCUT2D eigenvalue weighted by molar-refractivity contribution is 7.88. The van der Waals surface area contributed by atoms with Crippen molar-refractivity contribution in [2.45, 2.75) is 18.8 Å². The van der Waals surface area contributed by atoms with E-state index in [-0.39, 0.29) is 24.7 Å². The maximum absolute atomic E-state index is 13.1. The molecule has 0 saturated heterocycles. The van der Waals surface area contributed by atoms with Gasteiger partial charge in [0, 0.05) is 12.7 Å². The molecule has 0 aliphatic rings. The zero-order valence-electron chi connectivity index (χ0n) is 13.4. The summed E-state index contributed by atoms with van der Waals surface area (Å²) < 4.78 is 40.3. The second kappa shape index (κ2) is 7.86. The molecular weight excluding hydrogens is 359 g/mol. The van der Waals surface area contributed by atoms with Gasteiger partial charge in [-0.25, -0.2) is 12.8 Å². The van der Waals surface area contributed by atoms with Gasteiger partial charge in [0.1, 0.15) is 5.82 Å². The third kappa shape index (κ3) is 4.94. The predicted octanol–water partition coefficient (Wildman–Crippen LogP) is 3.81. The van der Waals surface area contributed by atoms with Crippen LogP contribution in [0.2, 0.25) is 0 Å². The Balaban J connectivity index is 1.84. The van der Waals surface area contributed by atoms with Crippen LogP contribution in [-0.2, 0) is 28.9 Å². The fraction of sp³-hybridized carbons (Fsp3) is 0.167. The molecule has 0 saturated carbocycles. The first-order chi connectivity index (χ1) is 12.0. The first kappa shape index (κ1) is 17.7. The first-order valence-corrected chi connectivity index (χ1v) is 10.2. The van der Waals surface area contributed by atoms with Crippen molar-refractivity contribution in [3.05, 3.63) is 88.1 Å². The largest absolute Gasteiger partial charge is 0.260 e. The summed E-state index contributed by atoms with van der Waals surface area (Å²) in [5.74, 6) is -0.561. The summed E-state index contributed by atoms with van der Waals surface area (Å²) >= 11 is 1.53. The van der Waals surface area contributed by atoms with Crippen molar-refractivity contribution in [2.75, 3.05) is 0 Å². The van der Waals surface area contributed by atoms with Gasteiger partial charge < -0.3 is 0 Å². The molecule has 1 aromatic carbocycles. The minimum atomic E-state index is -3.59. The van der Waals surface area contributed by atoms with Crippen molar-refractivity contribution in [3.8, 4) is 0 Å². The van der Waals surface area contributed by atoms with Crippen LogP contribution in [0.5, 0.6) is 0 Å². The van der Waals surface area contributed by atoms with Crippen LogP contribution in [0.15, 0.2) is 65.5 Å². The third-order valence-electron chi connectivity index (χ3n) is 3.66. The van der Waals surface area contributed by atoms with E-state index in [1.54, 1.807) is 18.3 Å². The first-order valence-electron chi connectivity index (χ1n) is 7.66. The monoisotopic (exact) mass is 376 g/mol. The SMILES string of the molecule is O=S(=O)(Cc1ccc(F)cc1)N(Cc1ccsc1)Cc1ccccn1. The number of aromatic nitrogens is 1. The fourth-order valence-corrected chi connectivity index (χ4v) is 4.52. The maximum Gasteiger partial charge on any atom is 0.218 e. The van der Waals surface area contributed by atoms with Crippen LogP contribution in [0.1, 0.15) is 16.8 Å². The summed E-state index contributed by atoms with van der Waals surface area (Å²) in [5.41, 5.74) is 2.17. The Morgan fingerprint density at radius 1 is 1.00 bits per heavy atom. The predicted molar refractivity (Wildman–Crippen MR) is 96.8 cm³/mol. The Bertz CT molecular complexity index is 896. The number of hydrogen-bond donors (Lipinski definition) is 0. The van der Waals surface area contributed by atoms with Gasteiger partial charge in [0.2, 0.25) is 10.0 Å². The van der Waals surface area contributed by atoms with Crippen molar-refractivity contribution in [2.24, 2.45) is 0 Å². The highest BCUT2D eigenvalue weighted by Crippen LogP contribution is 2.19. The van der Waals surface area contributed by atoms with E-state index >= 15 is 0 Å². The van der Waals surface area contributed by atoms with E-state index in [0.717, 1.165) is 5.56 Å². The van der Waals surface area contributed by atoms with Crippen LogP contribution >= 0.6 is 11.3 Å². The van der Waals surface area contributed by atoms with Gasteiger partial charge in [-0.3, -0.25) is 4.98 Å². The van der Waals surface area contributed by atoms with E-state index in [2.05, 4.69) is 4.98 Å². The van der Waals surface area contributed by atoms with Gasteiger partial charge in [-0.15, -0.1) is 0 Å². The molecule has 0 radical (unpaired) electrons. The molecule has 0 unspecified atom stereocenters. The molecule has 0 atom stereocenters. The molecule has 130 valence electrons. The van der Waals surface area contributed by atoms with Crippen LogP contribution < -0.4 is 0 Å². The van der Waals surface area contributed by atoms with Gasteiger partial charge >= 0.3 is 0 Å². The molecule has 7 heteroatoms. The third-order valence-corrected chi connectivity index (χ3v) is 6.13. The fourth-order valence-electron chi connectivity index (χ4n) is 2.39. The Morgan fingerprint density at radius 3 is 2.44 bits per heavy atom. The average Bonchev–Trinajstić information content (AvgIpc) is 3.10. The van der Waals surface area contributed by atoms with E-state index in [1.807, 2.05) is 22.9 Å². The van der Waals surface area contributed by atoms with E-state index in [1.165, 1.54) is 39.9 Å². The molecule has 0 N–H and O–H groups in total. The highest BCUT2D eigenvalue weighted by Gasteiger charge is 2.23.